The number of carbonyl (C=O) groups is 1. The number of benzene rings is 2. The Kier molecular flexibility index (Phi) is 6.03. The Bertz CT molecular complexity index is 1110. The molecule has 2 aromatic carbocycles. The van der Waals surface area contributed by atoms with Crippen molar-refractivity contribution in [2.75, 3.05) is 11.9 Å². The van der Waals surface area contributed by atoms with Crippen molar-refractivity contribution < 1.29 is 4.79 Å². The molecule has 5 heteroatoms. The maximum atomic E-state index is 11.9. The first-order chi connectivity index (χ1) is 15.2. The van der Waals surface area contributed by atoms with Gasteiger partial charge in [0.05, 0.1) is 29.8 Å². The van der Waals surface area contributed by atoms with Crippen molar-refractivity contribution in [2.24, 2.45) is 0 Å². The van der Waals surface area contributed by atoms with Crippen molar-refractivity contribution in [1.82, 2.24) is 15.3 Å². The van der Waals surface area contributed by atoms with Crippen LogP contribution in [0.4, 0.5) is 11.4 Å². The smallest absolute Gasteiger partial charge is 0.251 e. The van der Waals surface area contributed by atoms with Crippen LogP contribution in [0.3, 0.4) is 0 Å². The van der Waals surface area contributed by atoms with E-state index in [1.165, 1.54) is 5.56 Å². The summed E-state index contributed by atoms with van der Waals surface area (Å²) >= 11 is 0. The minimum Gasteiger partial charge on any atom is -0.355 e. The molecule has 0 aliphatic heterocycles. The number of nitrogens with one attached hydrogen (secondary N) is 1. The third-order valence-corrected chi connectivity index (χ3v) is 5.33. The van der Waals surface area contributed by atoms with E-state index in [2.05, 4.69) is 57.4 Å². The molecule has 154 valence electrons. The van der Waals surface area contributed by atoms with E-state index in [1.54, 1.807) is 19.4 Å². The summed E-state index contributed by atoms with van der Waals surface area (Å²) in [6.07, 6.45) is 7.28. The van der Waals surface area contributed by atoms with Gasteiger partial charge in [-0.3, -0.25) is 14.8 Å². The van der Waals surface area contributed by atoms with E-state index in [4.69, 9.17) is 0 Å². The van der Waals surface area contributed by atoms with Crippen LogP contribution in [0.25, 0.3) is 11.1 Å². The monoisotopic (exact) mass is 408 g/mol. The van der Waals surface area contributed by atoms with Crippen LogP contribution in [0.2, 0.25) is 0 Å². The minimum absolute atomic E-state index is 0.0169. The topological polar surface area (TPSA) is 58.1 Å². The van der Waals surface area contributed by atoms with Crippen molar-refractivity contribution in [3.05, 3.63) is 109 Å². The van der Waals surface area contributed by atoms with Gasteiger partial charge in [0.25, 0.3) is 5.91 Å². The van der Waals surface area contributed by atoms with Gasteiger partial charge in [0.1, 0.15) is 0 Å². The molecule has 1 unspecified atom stereocenters. The third-order valence-electron chi connectivity index (χ3n) is 5.33. The van der Waals surface area contributed by atoms with E-state index in [9.17, 15) is 4.79 Å². The fraction of sp³-hybridized carbons (Fsp3) is 0.115. The summed E-state index contributed by atoms with van der Waals surface area (Å²) in [5.41, 5.74) is 5.98. The van der Waals surface area contributed by atoms with Gasteiger partial charge in [-0.25, -0.2) is 0 Å². The summed E-state index contributed by atoms with van der Waals surface area (Å²) in [5.74, 6) is -0.0902. The summed E-state index contributed by atoms with van der Waals surface area (Å²) in [6.45, 7) is 2.18. The Morgan fingerprint density at radius 3 is 2.00 bits per heavy atom. The highest BCUT2D eigenvalue weighted by Gasteiger charge is 2.21. The quantitative estimate of drug-likeness (QED) is 0.464. The zero-order chi connectivity index (χ0) is 21.6. The Morgan fingerprint density at radius 1 is 0.839 bits per heavy atom. The summed E-state index contributed by atoms with van der Waals surface area (Å²) < 4.78 is 0. The highest BCUT2D eigenvalue weighted by atomic mass is 16.1. The second-order valence-corrected chi connectivity index (χ2v) is 7.21. The van der Waals surface area contributed by atoms with Crippen LogP contribution in [0.15, 0.2) is 97.6 Å². The molecule has 1 N–H and O–H groups in total. The molecule has 5 nitrogen and oxygen atoms in total. The fourth-order valence-corrected chi connectivity index (χ4v) is 3.80. The van der Waals surface area contributed by atoms with Crippen LogP contribution in [0.1, 0.15) is 28.9 Å². The molecule has 0 aliphatic carbocycles. The minimum atomic E-state index is -0.0902. The lowest BCUT2D eigenvalue weighted by Crippen LogP contribution is -2.22. The van der Waals surface area contributed by atoms with Gasteiger partial charge in [0.2, 0.25) is 0 Å². The second-order valence-electron chi connectivity index (χ2n) is 7.21. The number of aromatic nitrogens is 2. The molecule has 31 heavy (non-hydrogen) atoms. The molecule has 0 fully saturated rings. The molecule has 1 amide bonds. The summed E-state index contributed by atoms with van der Waals surface area (Å²) in [4.78, 5) is 22.8. The summed E-state index contributed by atoms with van der Waals surface area (Å²) in [7, 11) is 1.64. The predicted molar refractivity (Wildman–Crippen MR) is 124 cm³/mol. The molecule has 0 saturated heterocycles. The first-order valence-electron chi connectivity index (χ1n) is 10.2. The van der Waals surface area contributed by atoms with Crippen molar-refractivity contribution in [3.8, 4) is 11.1 Å². The highest BCUT2D eigenvalue weighted by molar-refractivity contribution is 5.94. The zero-order valence-electron chi connectivity index (χ0n) is 17.6. The number of rotatable bonds is 6. The van der Waals surface area contributed by atoms with Gasteiger partial charge in [0, 0.05) is 25.0 Å². The second kappa shape index (κ2) is 9.22. The average Bonchev–Trinajstić information content (AvgIpc) is 2.85. The zero-order valence-corrected chi connectivity index (χ0v) is 17.6. The van der Waals surface area contributed by atoms with Crippen molar-refractivity contribution in [2.45, 2.75) is 13.0 Å². The van der Waals surface area contributed by atoms with Gasteiger partial charge < -0.3 is 10.2 Å². The number of amides is 1. The van der Waals surface area contributed by atoms with Gasteiger partial charge in [-0.15, -0.1) is 0 Å². The highest BCUT2D eigenvalue weighted by Crippen LogP contribution is 2.38. The number of nitrogens with zero attached hydrogens (tertiary/aromatic N) is 3. The molecular weight excluding hydrogens is 384 g/mol. The van der Waals surface area contributed by atoms with Gasteiger partial charge in [0.15, 0.2) is 0 Å². The Labute approximate surface area is 182 Å². The lowest BCUT2D eigenvalue weighted by molar-refractivity contribution is 0.0963. The first-order valence-corrected chi connectivity index (χ1v) is 10.2. The standard InChI is InChI=1S/C26H24N4O/c1-19(30(22-7-5-15-28-17-22)23-8-6-16-29-18-23)24-9-3-4-10-25(24)20-11-13-21(14-12-20)26(31)27-2/h3-19H,1-2H3,(H,27,31). The predicted octanol–water partition coefficient (Wildman–Crippen LogP) is 5.40. The average molecular weight is 409 g/mol. The Balaban J connectivity index is 1.77. The molecule has 0 aliphatic rings. The molecule has 0 spiro atoms. The largest absolute Gasteiger partial charge is 0.355 e. The molecule has 0 bridgehead atoms. The van der Waals surface area contributed by atoms with E-state index < -0.39 is 0 Å². The van der Waals surface area contributed by atoms with Crippen LogP contribution < -0.4 is 10.2 Å². The van der Waals surface area contributed by atoms with Gasteiger partial charge >= 0.3 is 0 Å². The van der Waals surface area contributed by atoms with Crippen molar-refractivity contribution >= 4 is 17.3 Å². The Morgan fingerprint density at radius 2 is 1.45 bits per heavy atom. The third kappa shape index (κ3) is 4.31. The van der Waals surface area contributed by atoms with Crippen molar-refractivity contribution in [3.63, 3.8) is 0 Å². The molecule has 0 radical (unpaired) electrons. The maximum absolute atomic E-state index is 11.9. The number of hydrogen-bond acceptors (Lipinski definition) is 4. The van der Waals surface area contributed by atoms with Crippen LogP contribution in [-0.2, 0) is 0 Å². The lowest BCUT2D eigenvalue weighted by Gasteiger charge is -2.32. The molecule has 2 aromatic heterocycles. The van der Waals surface area contributed by atoms with E-state index in [0.717, 1.165) is 22.5 Å². The Hall–Kier alpha value is -3.99. The lowest BCUT2D eigenvalue weighted by atomic mass is 9.93. The molecule has 4 aromatic rings. The van der Waals surface area contributed by atoms with Crippen LogP contribution in [0, 0.1) is 0 Å². The molecule has 0 saturated carbocycles. The number of hydrogen-bond donors (Lipinski definition) is 1. The maximum Gasteiger partial charge on any atom is 0.251 e. The number of carbonyl (C=O) groups excluding carboxylic acids is 1. The summed E-state index contributed by atoms with van der Waals surface area (Å²) in [5, 5.41) is 2.66. The SMILES string of the molecule is CNC(=O)c1ccc(-c2ccccc2C(C)N(c2cccnc2)c2cccnc2)cc1. The first kappa shape index (κ1) is 20.3. The van der Waals surface area contributed by atoms with Gasteiger partial charge in [-0.05, 0) is 60.0 Å². The molecular formula is C26H24N4O. The van der Waals surface area contributed by atoms with E-state index in [1.807, 2.05) is 54.9 Å². The van der Waals surface area contributed by atoms with E-state index in [0.29, 0.717) is 5.56 Å². The van der Waals surface area contributed by atoms with Gasteiger partial charge in [-0.1, -0.05) is 36.4 Å². The molecule has 2 heterocycles. The molecule has 1 atom stereocenters. The van der Waals surface area contributed by atoms with Crippen LogP contribution >= 0.6 is 0 Å². The number of pyridine rings is 2. The summed E-state index contributed by atoms with van der Waals surface area (Å²) in [6, 6.07) is 24.1. The van der Waals surface area contributed by atoms with Crippen LogP contribution in [0.5, 0.6) is 0 Å². The van der Waals surface area contributed by atoms with E-state index in [-0.39, 0.29) is 11.9 Å². The molecule has 4 rings (SSSR count). The van der Waals surface area contributed by atoms with E-state index >= 15 is 0 Å². The van der Waals surface area contributed by atoms with Crippen molar-refractivity contribution in [1.29, 1.82) is 0 Å². The van der Waals surface area contributed by atoms with Gasteiger partial charge in [-0.2, -0.15) is 0 Å². The normalized spacial score (nSPS) is 11.5. The number of anilines is 2. The van der Waals surface area contributed by atoms with Crippen LogP contribution in [-0.4, -0.2) is 22.9 Å². The fourth-order valence-electron chi connectivity index (χ4n) is 3.80.